The fourth-order valence-corrected chi connectivity index (χ4v) is 7.57. The first kappa shape index (κ1) is 35.3. The molecule has 0 aliphatic carbocycles. The third-order valence-electron chi connectivity index (χ3n) is 10.5. The van der Waals surface area contributed by atoms with Crippen molar-refractivity contribution in [2.24, 2.45) is 0 Å². The predicted octanol–water partition coefficient (Wildman–Crippen LogP) is 13.3. The van der Waals surface area contributed by atoms with Gasteiger partial charge in [-0.25, -0.2) is 9.36 Å². The van der Waals surface area contributed by atoms with Crippen LogP contribution in [0.5, 0.6) is 0 Å². The molecule has 0 saturated carbocycles. The normalized spacial score (nSPS) is 11.1. The summed E-state index contributed by atoms with van der Waals surface area (Å²) in [7, 11) is 0. The molecule has 0 N–H and O–H groups in total. The van der Waals surface area contributed by atoms with Gasteiger partial charge in [0.05, 0.1) is 34.2 Å². The van der Waals surface area contributed by atoms with Crippen molar-refractivity contribution >= 4 is 17.1 Å². The van der Waals surface area contributed by atoms with E-state index in [1.807, 2.05) is 58.2 Å². The molecule has 3 heterocycles. The van der Waals surface area contributed by atoms with Crippen LogP contribution < -0.4 is 4.90 Å². The van der Waals surface area contributed by atoms with E-state index in [4.69, 9.17) is 10.2 Å². The van der Waals surface area contributed by atoms with Crippen LogP contribution in [0.1, 0.15) is 0 Å². The Hall–Kier alpha value is -8.09. The highest BCUT2D eigenvalue weighted by Crippen LogP contribution is 2.38. The van der Waals surface area contributed by atoms with E-state index < -0.39 is 0 Å². The smallest absolute Gasteiger partial charge is 0.0934 e. The van der Waals surface area contributed by atoms with Crippen molar-refractivity contribution < 1.29 is 0 Å². The van der Waals surface area contributed by atoms with Crippen LogP contribution in [-0.2, 0) is 0 Å². The van der Waals surface area contributed by atoms with Gasteiger partial charge in [-0.1, -0.05) is 133 Å². The Balaban J connectivity index is 1.05. The Morgan fingerprint density at radius 1 is 0.305 bits per heavy atom. The first-order valence-electron chi connectivity index (χ1n) is 19.7. The molecule has 0 spiro atoms. The number of benzene rings is 7. The van der Waals surface area contributed by atoms with Crippen molar-refractivity contribution in [2.75, 3.05) is 4.90 Å². The molecule has 0 saturated heterocycles. The molecule has 10 aromatic rings. The first-order chi connectivity index (χ1) is 29.2. The Morgan fingerprint density at radius 2 is 0.644 bits per heavy atom. The second-order valence-electron chi connectivity index (χ2n) is 14.3. The Labute approximate surface area is 343 Å². The van der Waals surface area contributed by atoms with Gasteiger partial charge in [0.15, 0.2) is 0 Å². The third-order valence-corrected chi connectivity index (χ3v) is 10.5. The van der Waals surface area contributed by atoms with E-state index in [1.54, 1.807) is 0 Å². The zero-order valence-electron chi connectivity index (χ0n) is 32.1. The number of nitrogens with zero attached hydrogens (tertiary/aromatic N) is 6. The van der Waals surface area contributed by atoms with Crippen molar-refractivity contribution in [3.63, 3.8) is 0 Å². The minimum Gasteiger partial charge on any atom is -0.311 e. The monoisotopic (exact) mass is 758 g/mol. The second kappa shape index (κ2) is 15.8. The van der Waals surface area contributed by atoms with Gasteiger partial charge in [0, 0.05) is 51.7 Å². The van der Waals surface area contributed by atoms with Crippen molar-refractivity contribution in [1.29, 1.82) is 0 Å². The quantitative estimate of drug-likeness (QED) is 0.139. The van der Waals surface area contributed by atoms with Gasteiger partial charge in [-0.2, -0.15) is 10.2 Å². The maximum Gasteiger partial charge on any atom is 0.0934 e. The van der Waals surface area contributed by atoms with Gasteiger partial charge in [-0.05, 0) is 96.1 Å². The summed E-state index contributed by atoms with van der Waals surface area (Å²) in [6.07, 6.45) is 3.66. The molecule has 7 aromatic carbocycles. The third kappa shape index (κ3) is 7.23. The number of rotatable bonds is 10. The summed E-state index contributed by atoms with van der Waals surface area (Å²) < 4.78 is 4.09. The Morgan fingerprint density at radius 3 is 1.03 bits per heavy atom. The van der Waals surface area contributed by atoms with Gasteiger partial charge in [0.2, 0.25) is 0 Å². The minimum absolute atomic E-state index is 0.924. The molecule has 0 amide bonds. The summed E-state index contributed by atoms with van der Waals surface area (Å²) in [6, 6.07) is 76.0. The summed E-state index contributed by atoms with van der Waals surface area (Å²) in [4.78, 5) is 6.50. The average molecular weight is 759 g/mol. The number of anilines is 3. The summed E-state index contributed by atoms with van der Waals surface area (Å²) in [5.41, 5.74) is 15.5. The zero-order chi connectivity index (χ0) is 39.4. The molecule has 0 radical (unpaired) electrons. The van der Waals surface area contributed by atoms with Crippen LogP contribution >= 0.6 is 0 Å². The molecular formula is C53H38N6. The number of hydrogen-bond acceptors (Lipinski definition) is 4. The van der Waals surface area contributed by atoms with Gasteiger partial charge < -0.3 is 4.90 Å². The van der Waals surface area contributed by atoms with Gasteiger partial charge in [0.25, 0.3) is 0 Å². The molecular weight excluding hydrogens is 721 g/mol. The molecule has 0 aliphatic heterocycles. The van der Waals surface area contributed by atoms with Gasteiger partial charge in [-0.3, -0.25) is 4.98 Å². The van der Waals surface area contributed by atoms with E-state index in [9.17, 15) is 0 Å². The van der Waals surface area contributed by atoms with Crippen LogP contribution in [0.25, 0.3) is 67.5 Å². The van der Waals surface area contributed by atoms with Gasteiger partial charge >= 0.3 is 0 Å². The second-order valence-corrected chi connectivity index (χ2v) is 14.3. The molecule has 0 bridgehead atoms. The zero-order valence-corrected chi connectivity index (χ0v) is 32.1. The highest BCUT2D eigenvalue weighted by atomic mass is 15.3. The average Bonchev–Trinajstić information content (AvgIpc) is 3.98. The Bertz CT molecular complexity index is 2760. The van der Waals surface area contributed by atoms with Crippen LogP contribution in [0.4, 0.5) is 17.1 Å². The largest absolute Gasteiger partial charge is 0.311 e. The van der Waals surface area contributed by atoms with Crippen LogP contribution in [0, 0.1) is 0 Å². The first-order valence-corrected chi connectivity index (χ1v) is 19.7. The lowest BCUT2D eigenvalue weighted by atomic mass is 10.1. The fourth-order valence-electron chi connectivity index (χ4n) is 7.57. The summed E-state index contributed by atoms with van der Waals surface area (Å²) in [5.74, 6) is 0. The van der Waals surface area contributed by atoms with Crippen LogP contribution in [-0.4, -0.2) is 24.5 Å². The number of hydrogen-bond donors (Lipinski definition) is 0. The summed E-state index contributed by atoms with van der Waals surface area (Å²) in [5, 5.41) is 10.3. The molecule has 10 rings (SSSR count). The van der Waals surface area contributed by atoms with Crippen LogP contribution in [0.3, 0.4) is 0 Å². The van der Waals surface area contributed by atoms with E-state index in [1.165, 1.54) is 0 Å². The van der Waals surface area contributed by atoms with E-state index >= 15 is 0 Å². The molecule has 0 aliphatic rings. The van der Waals surface area contributed by atoms with Crippen molar-refractivity contribution in [2.45, 2.75) is 0 Å². The van der Waals surface area contributed by atoms with Crippen molar-refractivity contribution in [3.05, 3.63) is 231 Å². The molecule has 280 valence electrons. The molecule has 3 aromatic heterocycles. The molecule has 6 nitrogen and oxygen atoms in total. The van der Waals surface area contributed by atoms with E-state index in [0.29, 0.717) is 0 Å². The highest BCUT2D eigenvalue weighted by Gasteiger charge is 2.18. The molecule has 59 heavy (non-hydrogen) atoms. The lowest BCUT2D eigenvalue weighted by Gasteiger charge is -2.26. The number of aromatic nitrogens is 5. The fraction of sp³-hybridized carbons (Fsp3) is 0. The van der Waals surface area contributed by atoms with Crippen LogP contribution in [0.2, 0.25) is 0 Å². The lowest BCUT2D eigenvalue weighted by Crippen LogP contribution is -2.10. The summed E-state index contributed by atoms with van der Waals surface area (Å²) in [6.45, 7) is 0. The van der Waals surface area contributed by atoms with Gasteiger partial charge in [0.1, 0.15) is 0 Å². The van der Waals surface area contributed by atoms with Crippen LogP contribution in [0.15, 0.2) is 231 Å². The SMILES string of the molecule is c1ccc(-c2cc(-c3ccccc3)n(-c3ccc(N(c4ccc(-c5ccncc5)cc4)c4ccc(-n5nc(-c6ccccc6)cc5-c5ccccc5)cc4)cc3)n2)cc1. The highest BCUT2D eigenvalue weighted by molar-refractivity contribution is 5.80. The predicted molar refractivity (Wildman–Crippen MR) is 240 cm³/mol. The topological polar surface area (TPSA) is 51.8 Å². The molecule has 0 atom stereocenters. The maximum atomic E-state index is 5.14. The van der Waals surface area contributed by atoms with Gasteiger partial charge in [-0.15, -0.1) is 0 Å². The summed E-state index contributed by atoms with van der Waals surface area (Å²) >= 11 is 0. The van der Waals surface area contributed by atoms with E-state index in [-0.39, 0.29) is 0 Å². The molecule has 0 unspecified atom stereocenters. The van der Waals surface area contributed by atoms with Crippen molar-refractivity contribution in [1.82, 2.24) is 24.5 Å². The standard InChI is InChI=1S/C53H38N6/c1-5-13-41(14-6-1)50-37-52(43-17-9-3-10-18-43)58(55-50)48-29-25-46(26-30-48)57(45-23-21-39(22-24-45)40-33-35-54-36-34-40)47-27-31-49(32-28-47)59-53(44-19-11-4-12-20-44)38-51(56-59)42-15-7-2-8-16-42/h1-38H. The molecule has 0 fully saturated rings. The minimum atomic E-state index is 0.924. The van der Waals surface area contributed by atoms with Crippen molar-refractivity contribution in [3.8, 4) is 67.5 Å². The Kier molecular flexibility index (Phi) is 9.47. The lowest BCUT2D eigenvalue weighted by molar-refractivity contribution is 0.891. The molecule has 6 heteroatoms. The van der Waals surface area contributed by atoms with E-state index in [2.05, 4.69) is 192 Å². The van der Waals surface area contributed by atoms with E-state index in [0.717, 1.165) is 84.6 Å². The number of pyridine rings is 1. The maximum absolute atomic E-state index is 5.14.